The molecule has 4 rings (SSSR count). The topological polar surface area (TPSA) is 54.4 Å². The number of aromatic nitrogens is 3. The third kappa shape index (κ3) is 3.65. The van der Waals surface area contributed by atoms with E-state index in [1.165, 1.54) is 6.42 Å². The maximum atomic E-state index is 6.35. The second-order valence-electron chi connectivity index (χ2n) is 7.15. The first-order valence-corrected chi connectivity index (χ1v) is 9.00. The molecule has 2 aliphatic heterocycles. The Morgan fingerprint density at radius 3 is 2.84 bits per heavy atom. The summed E-state index contributed by atoms with van der Waals surface area (Å²) in [6, 6.07) is 8.30. The van der Waals surface area contributed by atoms with E-state index in [4.69, 9.17) is 4.74 Å². The SMILES string of the molecule is CN(c1ncccn1)C1COC2(CCCN(Cc3ccccn3)C2)C1. The van der Waals surface area contributed by atoms with Crippen LogP contribution >= 0.6 is 0 Å². The number of hydrogen-bond acceptors (Lipinski definition) is 6. The zero-order valence-corrected chi connectivity index (χ0v) is 14.7. The van der Waals surface area contributed by atoms with E-state index in [0.29, 0.717) is 6.04 Å². The van der Waals surface area contributed by atoms with Gasteiger partial charge in [-0.3, -0.25) is 9.88 Å². The molecule has 2 aromatic heterocycles. The molecule has 0 N–H and O–H groups in total. The third-order valence-corrected chi connectivity index (χ3v) is 5.34. The van der Waals surface area contributed by atoms with Crippen molar-refractivity contribution in [1.29, 1.82) is 0 Å². The molecule has 4 heterocycles. The molecule has 0 aliphatic carbocycles. The van der Waals surface area contributed by atoms with Crippen LogP contribution in [-0.4, -0.2) is 58.2 Å². The molecule has 6 heteroatoms. The van der Waals surface area contributed by atoms with E-state index >= 15 is 0 Å². The summed E-state index contributed by atoms with van der Waals surface area (Å²) in [4.78, 5) is 17.8. The number of nitrogens with zero attached hydrogens (tertiary/aromatic N) is 5. The number of rotatable bonds is 4. The van der Waals surface area contributed by atoms with Crippen molar-refractivity contribution < 1.29 is 4.74 Å². The van der Waals surface area contributed by atoms with Gasteiger partial charge in [-0.2, -0.15) is 0 Å². The van der Waals surface area contributed by atoms with Crippen molar-refractivity contribution in [2.75, 3.05) is 31.6 Å². The highest BCUT2D eigenvalue weighted by Gasteiger charge is 2.44. The van der Waals surface area contributed by atoms with E-state index in [1.54, 1.807) is 12.4 Å². The van der Waals surface area contributed by atoms with E-state index in [1.807, 2.05) is 18.3 Å². The molecule has 2 atom stereocenters. The van der Waals surface area contributed by atoms with Gasteiger partial charge in [0.05, 0.1) is 23.9 Å². The smallest absolute Gasteiger partial charge is 0.225 e. The molecular weight excluding hydrogens is 314 g/mol. The Balaban J connectivity index is 1.40. The molecule has 0 radical (unpaired) electrons. The molecule has 0 bridgehead atoms. The third-order valence-electron chi connectivity index (χ3n) is 5.34. The molecule has 2 aromatic rings. The normalized spacial score (nSPS) is 26.8. The largest absolute Gasteiger partial charge is 0.371 e. The van der Waals surface area contributed by atoms with Crippen LogP contribution in [-0.2, 0) is 11.3 Å². The van der Waals surface area contributed by atoms with E-state index in [-0.39, 0.29) is 5.60 Å². The van der Waals surface area contributed by atoms with E-state index in [9.17, 15) is 0 Å². The van der Waals surface area contributed by atoms with Gasteiger partial charge in [0.15, 0.2) is 0 Å². The summed E-state index contributed by atoms with van der Waals surface area (Å²) in [5.41, 5.74) is 1.09. The second kappa shape index (κ2) is 7.06. The Kier molecular flexibility index (Phi) is 4.63. The number of ether oxygens (including phenoxy) is 1. The van der Waals surface area contributed by atoms with Crippen LogP contribution in [0.5, 0.6) is 0 Å². The molecule has 2 fully saturated rings. The molecule has 0 amide bonds. The van der Waals surface area contributed by atoms with Gasteiger partial charge in [-0.1, -0.05) is 6.07 Å². The van der Waals surface area contributed by atoms with Gasteiger partial charge in [-0.15, -0.1) is 0 Å². The number of likely N-dealkylation sites (N-methyl/N-ethyl adjacent to an activating group) is 1. The average molecular weight is 339 g/mol. The van der Waals surface area contributed by atoms with E-state index in [2.05, 4.69) is 43.9 Å². The number of likely N-dealkylation sites (tertiary alicyclic amines) is 1. The average Bonchev–Trinajstić information content (AvgIpc) is 3.06. The minimum atomic E-state index is -0.0409. The van der Waals surface area contributed by atoms with Crippen LogP contribution in [0.4, 0.5) is 5.95 Å². The predicted octanol–water partition coefficient (Wildman–Crippen LogP) is 2.13. The fraction of sp³-hybridized carbons (Fsp3) is 0.526. The monoisotopic (exact) mass is 339 g/mol. The molecule has 6 nitrogen and oxygen atoms in total. The van der Waals surface area contributed by atoms with Gasteiger partial charge in [0.2, 0.25) is 5.95 Å². The van der Waals surface area contributed by atoms with Crippen LogP contribution in [0.1, 0.15) is 25.0 Å². The summed E-state index contributed by atoms with van der Waals surface area (Å²) in [6.07, 6.45) is 8.78. The van der Waals surface area contributed by atoms with Gasteiger partial charge in [0, 0.05) is 45.1 Å². The molecule has 0 aromatic carbocycles. The highest BCUT2D eigenvalue weighted by Crippen LogP contribution is 2.37. The highest BCUT2D eigenvalue weighted by molar-refractivity contribution is 5.30. The first kappa shape index (κ1) is 16.4. The molecule has 1 spiro atoms. The van der Waals surface area contributed by atoms with Crippen molar-refractivity contribution in [1.82, 2.24) is 19.9 Å². The van der Waals surface area contributed by atoms with Crippen LogP contribution in [0.15, 0.2) is 42.9 Å². The Morgan fingerprint density at radius 1 is 1.20 bits per heavy atom. The van der Waals surface area contributed by atoms with Crippen molar-refractivity contribution in [2.45, 2.75) is 37.5 Å². The second-order valence-corrected chi connectivity index (χ2v) is 7.15. The lowest BCUT2D eigenvalue weighted by Gasteiger charge is -2.39. The number of pyridine rings is 1. The fourth-order valence-electron chi connectivity index (χ4n) is 4.04. The molecule has 0 saturated carbocycles. The summed E-state index contributed by atoms with van der Waals surface area (Å²) >= 11 is 0. The standard InChI is InChI=1S/C19H25N5O/c1-23(18-21-9-5-10-22-18)17-12-19(25-14-17)7-4-11-24(15-19)13-16-6-2-3-8-20-16/h2-3,5-6,8-10,17H,4,7,11-15H2,1H3. The zero-order valence-electron chi connectivity index (χ0n) is 14.7. The summed E-state index contributed by atoms with van der Waals surface area (Å²) in [5, 5.41) is 0. The van der Waals surface area contributed by atoms with Crippen LogP contribution in [0.3, 0.4) is 0 Å². The van der Waals surface area contributed by atoms with E-state index in [0.717, 1.165) is 50.7 Å². The van der Waals surface area contributed by atoms with Crippen molar-refractivity contribution >= 4 is 5.95 Å². The molecule has 132 valence electrons. The molecule has 2 aliphatic rings. The van der Waals surface area contributed by atoms with Crippen molar-refractivity contribution in [3.8, 4) is 0 Å². The van der Waals surface area contributed by atoms with Gasteiger partial charge in [0.25, 0.3) is 0 Å². The van der Waals surface area contributed by atoms with Crippen molar-refractivity contribution in [3.63, 3.8) is 0 Å². The minimum absolute atomic E-state index is 0.0409. The van der Waals surface area contributed by atoms with E-state index < -0.39 is 0 Å². The minimum Gasteiger partial charge on any atom is -0.371 e. The van der Waals surface area contributed by atoms with Crippen LogP contribution < -0.4 is 4.90 Å². The van der Waals surface area contributed by atoms with Gasteiger partial charge in [-0.25, -0.2) is 9.97 Å². The quantitative estimate of drug-likeness (QED) is 0.851. The zero-order chi connectivity index (χ0) is 17.1. The molecule has 2 saturated heterocycles. The van der Waals surface area contributed by atoms with Gasteiger partial charge in [0.1, 0.15) is 0 Å². The molecule has 25 heavy (non-hydrogen) atoms. The first-order valence-electron chi connectivity index (χ1n) is 9.00. The molecule has 2 unspecified atom stereocenters. The van der Waals surface area contributed by atoms with Gasteiger partial charge < -0.3 is 9.64 Å². The van der Waals surface area contributed by atoms with Gasteiger partial charge in [-0.05, 0) is 37.6 Å². The van der Waals surface area contributed by atoms with Crippen LogP contribution in [0, 0.1) is 0 Å². The first-order chi connectivity index (χ1) is 12.2. The number of piperidine rings is 1. The molecular formula is C19H25N5O. The maximum absolute atomic E-state index is 6.35. The Bertz CT molecular complexity index is 683. The van der Waals surface area contributed by atoms with Crippen molar-refractivity contribution in [2.24, 2.45) is 0 Å². The Labute approximate surface area is 148 Å². The fourth-order valence-corrected chi connectivity index (χ4v) is 4.04. The Hall–Kier alpha value is -2.05. The van der Waals surface area contributed by atoms with Crippen LogP contribution in [0.2, 0.25) is 0 Å². The Morgan fingerprint density at radius 2 is 2.04 bits per heavy atom. The lowest BCUT2D eigenvalue weighted by molar-refractivity contribution is -0.0535. The maximum Gasteiger partial charge on any atom is 0.225 e. The summed E-state index contributed by atoms with van der Waals surface area (Å²) in [7, 11) is 2.07. The highest BCUT2D eigenvalue weighted by atomic mass is 16.5. The lowest BCUT2D eigenvalue weighted by atomic mass is 9.88. The lowest BCUT2D eigenvalue weighted by Crippen LogP contribution is -2.48. The summed E-state index contributed by atoms with van der Waals surface area (Å²) in [5.74, 6) is 0.773. The van der Waals surface area contributed by atoms with Crippen LogP contribution in [0.25, 0.3) is 0 Å². The predicted molar refractivity (Wildman–Crippen MR) is 96.3 cm³/mol. The number of anilines is 1. The summed E-state index contributed by atoms with van der Waals surface area (Å²) in [6.45, 7) is 3.73. The van der Waals surface area contributed by atoms with Crippen molar-refractivity contribution in [3.05, 3.63) is 48.5 Å². The summed E-state index contributed by atoms with van der Waals surface area (Å²) < 4.78 is 6.35. The number of hydrogen-bond donors (Lipinski definition) is 0. The van der Waals surface area contributed by atoms with Gasteiger partial charge >= 0.3 is 0 Å².